The largest absolute Gasteiger partial charge is 0.495 e. The van der Waals surface area contributed by atoms with Crippen LogP contribution in [0.3, 0.4) is 0 Å². The summed E-state index contributed by atoms with van der Waals surface area (Å²) in [6, 6.07) is 9.23. The first-order chi connectivity index (χ1) is 16.6. The van der Waals surface area contributed by atoms with Gasteiger partial charge < -0.3 is 19.9 Å². The molecule has 0 bridgehead atoms. The van der Waals surface area contributed by atoms with Crippen molar-refractivity contribution >= 4 is 34.0 Å². The van der Waals surface area contributed by atoms with Crippen LogP contribution in [0.4, 0.5) is 15.5 Å². The van der Waals surface area contributed by atoms with Crippen LogP contribution >= 0.6 is 11.3 Å². The molecule has 0 atom stereocenters. The predicted molar refractivity (Wildman–Crippen MR) is 144 cm³/mol. The summed E-state index contributed by atoms with van der Waals surface area (Å²) in [5, 5.41) is 6.79. The molecule has 1 aromatic carbocycles. The number of ether oxygens (including phenoxy) is 1. The molecule has 2 heterocycles. The zero-order valence-electron chi connectivity index (χ0n) is 21.8. The summed E-state index contributed by atoms with van der Waals surface area (Å²) in [5.41, 5.74) is 1.66. The number of hydrogen-bond acceptors (Lipinski definition) is 6. The zero-order valence-corrected chi connectivity index (χ0v) is 22.6. The number of anilines is 2. The number of carbonyl (C=O) groups is 2. The molecule has 0 spiro atoms. The molecule has 3 rings (SSSR count). The van der Waals surface area contributed by atoms with Gasteiger partial charge >= 0.3 is 6.03 Å². The minimum Gasteiger partial charge on any atom is -0.495 e. The van der Waals surface area contributed by atoms with Crippen LogP contribution in [-0.2, 0) is 16.8 Å². The van der Waals surface area contributed by atoms with Gasteiger partial charge in [0.2, 0.25) is 5.91 Å². The molecule has 1 aliphatic rings. The van der Waals surface area contributed by atoms with Crippen molar-refractivity contribution in [3.05, 3.63) is 40.8 Å². The maximum absolute atomic E-state index is 12.9. The number of likely N-dealkylation sites (N-methyl/N-ethyl adjacent to an activating group) is 1. The molecule has 3 amide bonds. The van der Waals surface area contributed by atoms with Gasteiger partial charge in [-0.05, 0) is 37.7 Å². The molecule has 0 aliphatic carbocycles. The Bertz CT molecular complexity index is 1010. The molecule has 1 saturated heterocycles. The number of hydrogen-bond donors (Lipinski definition) is 2. The van der Waals surface area contributed by atoms with Gasteiger partial charge in [-0.1, -0.05) is 32.9 Å². The Kier molecular flexibility index (Phi) is 9.15. The second-order valence-corrected chi connectivity index (χ2v) is 11.3. The minimum atomic E-state index is -0.307. The van der Waals surface area contributed by atoms with E-state index < -0.39 is 0 Å². The molecule has 1 aliphatic heterocycles. The molecule has 0 radical (unpaired) electrons. The summed E-state index contributed by atoms with van der Waals surface area (Å²) >= 11 is 1.61. The van der Waals surface area contributed by atoms with Crippen molar-refractivity contribution in [2.45, 2.75) is 39.2 Å². The third-order valence-corrected chi connectivity index (χ3v) is 7.54. The summed E-state index contributed by atoms with van der Waals surface area (Å²) in [7, 11) is 5.63. The van der Waals surface area contributed by atoms with E-state index >= 15 is 0 Å². The van der Waals surface area contributed by atoms with Crippen LogP contribution in [0.25, 0.3) is 0 Å². The third-order valence-electron chi connectivity index (χ3n) is 6.02. The number of carbonyl (C=O) groups excluding carboxylic acids is 2. The lowest BCUT2D eigenvalue weighted by Crippen LogP contribution is -2.37. The number of amides is 3. The van der Waals surface area contributed by atoms with E-state index in [1.54, 1.807) is 18.4 Å². The summed E-state index contributed by atoms with van der Waals surface area (Å²) in [6.07, 6.45) is 0.515. The second kappa shape index (κ2) is 11.9. The van der Waals surface area contributed by atoms with Gasteiger partial charge in [0, 0.05) is 56.1 Å². The number of nitrogens with one attached hydrogen (secondary N) is 2. The highest BCUT2D eigenvalue weighted by Gasteiger charge is 2.25. The number of methoxy groups -OCH3 is 1. The number of rotatable bonds is 8. The van der Waals surface area contributed by atoms with E-state index in [-0.39, 0.29) is 17.4 Å². The van der Waals surface area contributed by atoms with E-state index in [4.69, 9.17) is 4.74 Å². The summed E-state index contributed by atoms with van der Waals surface area (Å²) in [5.74, 6) is 0.821. The van der Waals surface area contributed by atoms with Crippen molar-refractivity contribution < 1.29 is 14.3 Å². The maximum Gasteiger partial charge on any atom is 0.324 e. The van der Waals surface area contributed by atoms with Crippen LogP contribution in [0.1, 0.15) is 37.6 Å². The number of thiophene rings is 1. The molecule has 0 unspecified atom stereocenters. The normalized spacial score (nSPS) is 15.3. The Morgan fingerprint density at radius 2 is 1.89 bits per heavy atom. The van der Waals surface area contributed by atoms with Gasteiger partial charge in [0.1, 0.15) is 10.8 Å². The third kappa shape index (κ3) is 7.68. The highest BCUT2D eigenvalue weighted by Crippen LogP contribution is 2.37. The van der Waals surface area contributed by atoms with Gasteiger partial charge in [-0.3, -0.25) is 15.0 Å². The first-order valence-corrected chi connectivity index (χ1v) is 12.9. The molecule has 0 saturated carbocycles. The lowest BCUT2D eigenvalue weighted by atomic mass is 9.94. The van der Waals surface area contributed by atoms with Crippen molar-refractivity contribution in [3.8, 4) is 5.75 Å². The zero-order chi connectivity index (χ0) is 25.6. The van der Waals surface area contributed by atoms with Gasteiger partial charge in [-0.15, -0.1) is 11.3 Å². The second-order valence-electron chi connectivity index (χ2n) is 10.2. The maximum atomic E-state index is 12.9. The molecule has 9 heteroatoms. The Hall–Kier alpha value is -2.62. The molecule has 1 fully saturated rings. The summed E-state index contributed by atoms with van der Waals surface area (Å²) in [6.45, 7) is 11.1. The first kappa shape index (κ1) is 27.0. The fourth-order valence-electron chi connectivity index (χ4n) is 3.89. The average molecular weight is 502 g/mol. The van der Waals surface area contributed by atoms with E-state index in [0.717, 1.165) is 36.7 Å². The van der Waals surface area contributed by atoms with Crippen molar-refractivity contribution in [1.29, 1.82) is 0 Å². The van der Waals surface area contributed by atoms with Gasteiger partial charge in [-0.2, -0.15) is 0 Å². The number of urea groups is 1. The van der Waals surface area contributed by atoms with E-state index in [0.29, 0.717) is 30.9 Å². The predicted octanol–water partition coefficient (Wildman–Crippen LogP) is 4.29. The van der Waals surface area contributed by atoms with E-state index in [1.165, 1.54) is 4.88 Å². The molecule has 192 valence electrons. The highest BCUT2D eigenvalue weighted by molar-refractivity contribution is 7.16. The van der Waals surface area contributed by atoms with Gasteiger partial charge in [0.05, 0.1) is 12.8 Å². The van der Waals surface area contributed by atoms with E-state index in [9.17, 15) is 9.59 Å². The fraction of sp³-hybridized carbons (Fsp3) is 0.538. The SMILES string of the molecule is COc1ccccc1NC(=O)Nc1sc(C(C)(C)C)cc1CN1CCC(=O)N(CCN(C)C)CC1. The topological polar surface area (TPSA) is 77.1 Å². The lowest BCUT2D eigenvalue weighted by molar-refractivity contribution is -0.130. The number of benzene rings is 1. The lowest BCUT2D eigenvalue weighted by Gasteiger charge is -2.23. The van der Waals surface area contributed by atoms with Gasteiger partial charge in [-0.25, -0.2) is 4.79 Å². The van der Waals surface area contributed by atoms with Crippen molar-refractivity contribution in [1.82, 2.24) is 14.7 Å². The van der Waals surface area contributed by atoms with E-state index in [2.05, 4.69) is 47.3 Å². The van der Waals surface area contributed by atoms with Crippen LogP contribution in [0.2, 0.25) is 0 Å². The molecule has 8 nitrogen and oxygen atoms in total. The molecular weight excluding hydrogens is 462 g/mol. The fourth-order valence-corrected chi connectivity index (χ4v) is 5.02. The van der Waals surface area contributed by atoms with Gasteiger partial charge in [0.25, 0.3) is 0 Å². The molecule has 2 aromatic rings. The Morgan fingerprint density at radius 3 is 2.57 bits per heavy atom. The van der Waals surface area contributed by atoms with Crippen LogP contribution in [0, 0.1) is 0 Å². The first-order valence-electron chi connectivity index (χ1n) is 12.1. The average Bonchev–Trinajstić information content (AvgIpc) is 3.10. The van der Waals surface area contributed by atoms with Crippen LogP contribution in [0.5, 0.6) is 5.75 Å². The quantitative estimate of drug-likeness (QED) is 0.564. The van der Waals surface area contributed by atoms with Gasteiger partial charge in [0.15, 0.2) is 0 Å². The summed E-state index contributed by atoms with van der Waals surface area (Å²) in [4.78, 5) is 33.1. The Labute approximate surface area is 213 Å². The van der Waals surface area contributed by atoms with Crippen molar-refractivity contribution in [3.63, 3.8) is 0 Å². The van der Waals surface area contributed by atoms with Crippen LogP contribution in [-0.4, -0.2) is 80.6 Å². The minimum absolute atomic E-state index is 0.0315. The van der Waals surface area contributed by atoms with Crippen molar-refractivity contribution in [2.75, 3.05) is 64.6 Å². The Morgan fingerprint density at radius 1 is 1.14 bits per heavy atom. The van der Waals surface area contributed by atoms with E-state index in [1.807, 2.05) is 43.3 Å². The van der Waals surface area contributed by atoms with Crippen LogP contribution < -0.4 is 15.4 Å². The highest BCUT2D eigenvalue weighted by atomic mass is 32.1. The van der Waals surface area contributed by atoms with Crippen LogP contribution in [0.15, 0.2) is 30.3 Å². The number of nitrogens with zero attached hydrogens (tertiary/aromatic N) is 3. The number of para-hydroxylation sites is 2. The molecule has 35 heavy (non-hydrogen) atoms. The Balaban J connectivity index is 1.72. The standard InChI is InChI=1S/C26H39N5O3S/c1-26(2,3)22-17-19(18-30-12-11-23(32)31(16-14-30)15-13-29(4)5)24(35-22)28-25(33)27-20-9-7-8-10-21(20)34-6/h7-10,17H,11-16,18H2,1-6H3,(H2,27,28,33). The van der Waals surface area contributed by atoms with Crippen molar-refractivity contribution in [2.24, 2.45) is 0 Å². The molecular formula is C26H39N5O3S. The smallest absolute Gasteiger partial charge is 0.324 e. The molecule has 2 N–H and O–H groups in total. The molecule has 1 aromatic heterocycles. The summed E-state index contributed by atoms with van der Waals surface area (Å²) < 4.78 is 5.35. The monoisotopic (exact) mass is 501 g/mol.